The van der Waals surface area contributed by atoms with Crippen LogP contribution in [0.3, 0.4) is 0 Å². The SMILES string of the molecule is COc1ccc2c(c1)-c1nc3c(Cl)cc(Cl)cn3c1C2. The summed E-state index contributed by atoms with van der Waals surface area (Å²) < 4.78 is 7.27. The van der Waals surface area contributed by atoms with Crippen LogP contribution in [0, 0.1) is 0 Å². The molecule has 3 aromatic rings. The van der Waals surface area contributed by atoms with E-state index in [0.29, 0.717) is 10.0 Å². The van der Waals surface area contributed by atoms with E-state index in [4.69, 9.17) is 27.9 Å². The maximum atomic E-state index is 6.22. The van der Waals surface area contributed by atoms with Crippen LogP contribution < -0.4 is 4.74 Å². The lowest BCUT2D eigenvalue weighted by Crippen LogP contribution is -1.92. The van der Waals surface area contributed by atoms with Crippen molar-refractivity contribution in [3.63, 3.8) is 0 Å². The minimum atomic E-state index is 0.566. The Morgan fingerprint density at radius 2 is 2.10 bits per heavy atom. The number of ether oxygens (including phenoxy) is 1. The second kappa shape index (κ2) is 4.14. The zero-order chi connectivity index (χ0) is 13.9. The maximum absolute atomic E-state index is 6.22. The van der Waals surface area contributed by atoms with Crippen molar-refractivity contribution in [1.82, 2.24) is 9.38 Å². The summed E-state index contributed by atoms with van der Waals surface area (Å²) in [5.41, 5.74) is 5.18. The van der Waals surface area contributed by atoms with E-state index in [9.17, 15) is 0 Å². The van der Waals surface area contributed by atoms with E-state index in [2.05, 4.69) is 11.1 Å². The van der Waals surface area contributed by atoms with E-state index in [1.54, 1.807) is 13.2 Å². The van der Waals surface area contributed by atoms with Crippen LogP contribution in [0.1, 0.15) is 11.3 Å². The number of aromatic nitrogens is 2. The third kappa shape index (κ3) is 1.57. The van der Waals surface area contributed by atoms with E-state index in [-0.39, 0.29) is 0 Å². The largest absolute Gasteiger partial charge is 0.497 e. The van der Waals surface area contributed by atoms with Gasteiger partial charge < -0.3 is 9.14 Å². The van der Waals surface area contributed by atoms with Crippen molar-refractivity contribution in [3.8, 4) is 17.0 Å². The van der Waals surface area contributed by atoms with Gasteiger partial charge in [0, 0.05) is 18.2 Å². The predicted molar refractivity (Wildman–Crippen MR) is 80.0 cm³/mol. The number of benzene rings is 1. The number of hydrogen-bond donors (Lipinski definition) is 0. The summed E-state index contributed by atoms with van der Waals surface area (Å²) in [4.78, 5) is 4.67. The number of imidazole rings is 1. The number of hydrogen-bond acceptors (Lipinski definition) is 2. The molecule has 5 heteroatoms. The minimum Gasteiger partial charge on any atom is -0.497 e. The highest BCUT2D eigenvalue weighted by molar-refractivity contribution is 6.36. The van der Waals surface area contributed by atoms with Crippen molar-refractivity contribution >= 4 is 28.8 Å². The number of pyridine rings is 1. The van der Waals surface area contributed by atoms with Gasteiger partial charge in [-0.25, -0.2) is 4.98 Å². The van der Waals surface area contributed by atoms with Gasteiger partial charge in [-0.05, 0) is 23.8 Å². The van der Waals surface area contributed by atoms with Crippen LogP contribution in [0.4, 0.5) is 0 Å². The lowest BCUT2D eigenvalue weighted by Gasteiger charge is -2.04. The molecular formula is C15H10Cl2N2O. The van der Waals surface area contributed by atoms with Crippen molar-refractivity contribution in [2.75, 3.05) is 7.11 Å². The summed E-state index contributed by atoms with van der Waals surface area (Å²) in [7, 11) is 1.66. The molecule has 20 heavy (non-hydrogen) atoms. The summed E-state index contributed by atoms with van der Waals surface area (Å²) in [5, 5.41) is 1.17. The van der Waals surface area contributed by atoms with Crippen LogP contribution in [-0.4, -0.2) is 16.5 Å². The van der Waals surface area contributed by atoms with E-state index in [1.165, 1.54) is 5.56 Å². The van der Waals surface area contributed by atoms with Gasteiger partial charge in [-0.3, -0.25) is 0 Å². The van der Waals surface area contributed by atoms with Gasteiger partial charge in [0.2, 0.25) is 0 Å². The van der Waals surface area contributed by atoms with E-state index < -0.39 is 0 Å². The van der Waals surface area contributed by atoms with E-state index >= 15 is 0 Å². The van der Waals surface area contributed by atoms with Crippen LogP contribution in [0.5, 0.6) is 5.75 Å². The molecule has 4 rings (SSSR count). The Bertz CT molecular complexity index is 855. The van der Waals surface area contributed by atoms with Gasteiger partial charge in [-0.2, -0.15) is 0 Å². The Balaban J connectivity index is 2.03. The van der Waals surface area contributed by atoms with Gasteiger partial charge in [0.15, 0.2) is 5.65 Å². The van der Waals surface area contributed by atoms with E-state index in [1.807, 2.05) is 22.7 Å². The summed E-state index contributed by atoms with van der Waals surface area (Å²) >= 11 is 12.3. The lowest BCUT2D eigenvalue weighted by molar-refractivity contribution is 0.415. The van der Waals surface area contributed by atoms with Gasteiger partial charge >= 0.3 is 0 Å². The van der Waals surface area contributed by atoms with Gasteiger partial charge in [0.05, 0.1) is 28.5 Å². The molecule has 0 fully saturated rings. The highest BCUT2D eigenvalue weighted by Gasteiger charge is 2.25. The molecule has 2 aromatic heterocycles. The number of halogens is 2. The van der Waals surface area contributed by atoms with Crippen molar-refractivity contribution in [1.29, 1.82) is 0 Å². The van der Waals surface area contributed by atoms with Gasteiger partial charge in [-0.1, -0.05) is 29.3 Å². The number of fused-ring (bicyclic) bond motifs is 5. The molecular weight excluding hydrogens is 295 g/mol. The molecule has 3 nitrogen and oxygen atoms in total. The monoisotopic (exact) mass is 304 g/mol. The molecule has 0 amide bonds. The number of nitrogens with zero attached hydrogens (tertiary/aromatic N) is 2. The molecule has 1 aliphatic carbocycles. The number of rotatable bonds is 1. The van der Waals surface area contributed by atoms with Gasteiger partial charge in [0.25, 0.3) is 0 Å². The fraction of sp³-hybridized carbons (Fsp3) is 0.133. The molecule has 0 saturated heterocycles. The van der Waals surface area contributed by atoms with Crippen molar-refractivity contribution in [3.05, 3.63) is 51.8 Å². The van der Waals surface area contributed by atoms with Crippen LogP contribution in [0.25, 0.3) is 16.9 Å². The Hall–Kier alpha value is -1.71. The Morgan fingerprint density at radius 1 is 1.25 bits per heavy atom. The minimum absolute atomic E-state index is 0.566. The second-order valence-electron chi connectivity index (χ2n) is 4.81. The fourth-order valence-corrected chi connectivity index (χ4v) is 3.26. The van der Waals surface area contributed by atoms with Crippen molar-refractivity contribution < 1.29 is 4.74 Å². The zero-order valence-electron chi connectivity index (χ0n) is 10.7. The zero-order valence-corrected chi connectivity index (χ0v) is 12.2. The first-order chi connectivity index (χ1) is 9.67. The number of methoxy groups -OCH3 is 1. The first-order valence-electron chi connectivity index (χ1n) is 6.20. The van der Waals surface area contributed by atoms with Gasteiger partial charge in [0.1, 0.15) is 5.75 Å². The van der Waals surface area contributed by atoms with Crippen molar-refractivity contribution in [2.24, 2.45) is 0 Å². The molecule has 2 heterocycles. The van der Waals surface area contributed by atoms with Gasteiger partial charge in [-0.15, -0.1) is 0 Å². The highest BCUT2D eigenvalue weighted by atomic mass is 35.5. The maximum Gasteiger partial charge on any atom is 0.156 e. The Kier molecular flexibility index (Phi) is 2.50. The van der Waals surface area contributed by atoms with Crippen molar-refractivity contribution in [2.45, 2.75) is 6.42 Å². The summed E-state index contributed by atoms with van der Waals surface area (Å²) in [6, 6.07) is 7.78. The van der Waals surface area contributed by atoms with Crippen LogP contribution in [0.2, 0.25) is 10.0 Å². The average molecular weight is 305 g/mol. The Morgan fingerprint density at radius 3 is 2.90 bits per heavy atom. The molecule has 0 aliphatic heterocycles. The molecule has 0 spiro atoms. The standard InChI is InChI=1S/C15H10Cl2N2O/c1-20-10-3-2-8-4-13-14(11(8)6-10)18-15-12(17)5-9(16)7-19(13)15/h2-3,5-7H,4H2,1H3. The molecule has 1 aromatic carbocycles. The molecule has 1 aliphatic rings. The Labute approximate surface area is 125 Å². The third-order valence-corrected chi connectivity index (χ3v) is 4.16. The van der Waals surface area contributed by atoms with Crippen LogP contribution >= 0.6 is 23.2 Å². The molecule has 0 unspecified atom stereocenters. The fourth-order valence-electron chi connectivity index (χ4n) is 2.74. The summed E-state index contributed by atoms with van der Waals surface area (Å²) in [6.07, 6.45) is 2.68. The highest BCUT2D eigenvalue weighted by Crippen LogP contribution is 2.39. The molecule has 0 atom stereocenters. The normalized spacial score (nSPS) is 12.6. The lowest BCUT2D eigenvalue weighted by atomic mass is 10.1. The quantitative estimate of drug-likeness (QED) is 0.526. The predicted octanol–water partition coefficient (Wildman–Crippen LogP) is 4.22. The average Bonchev–Trinajstić information content (AvgIpc) is 2.95. The molecule has 0 bridgehead atoms. The molecule has 0 radical (unpaired) electrons. The first-order valence-corrected chi connectivity index (χ1v) is 6.96. The summed E-state index contributed by atoms with van der Waals surface area (Å²) in [6.45, 7) is 0. The summed E-state index contributed by atoms with van der Waals surface area (Å²) in [5.74, 6) is 0.831. The topological polar surface area (TPSA) is 26.5 Å². The third-order valence-electron chi connectivity index (χ3n) is 3.67. The molecule has 0 N–H and O–H groups in total. The second-order valence-corrected chi connectivity index (χ2v) is 5.65. The smallest absolute Gasteiger partial charge is 0.156 e. The van der Waals surface area contributed by atoms with E-state index in [0.717, 1.165) is 34.8 Å². The van der Waals surface area contributed by atoms with Crippen LogP contribution in [-0.2, 0) is 6.42 Å². The molecule has 100 valence electrons. The first kappa shape index (κ1) is 12.1. The van der Waals surface area contributed by atoms with Crippen LogP contribution in [0.15, 0.2) is 30.5 Å². The molecule has 0 saturated carbocycles.